The number of nitrogens with zero attached hydrogens (tertiary/aromatic N) is 3. The van der Waals surface area contributed by atoms with Crippen molar-refractivity contribution >= 4 is 21.6 Å². The van der Waals surface area contributed by atoms with Crippen LogP contribution in [0.5, 0.6) is 5.75 Å². The topological polar surface area (TPSA) is 79.4 Å². The van der Waals surface area contributed by atoms with E-state index < -0.39 is 10.0 Å². The third kappa shape index (κ3) is 5.66. The average molecular weight is 474 g/mol. The molecule has 2 aromatic rings. The molecule has 0 saturated carbocycles. The molecule has 2 fully saturated rings. The molecule has 0 radical (unpaired) electrons. The molecule has 0 aliphatic carbocycles. The summed E-state index contributed by atoms with van der Waals surface area (Å²) in [6, 6.07) is 14.9. The van der Waals surface area contributed by atoms with Crippen LogP contribution in [0.15, 0.2) is 53.4 Å². The van der Waals surface area contributed by atoms with E-state index in [1.165, 1.54) is 4.31 Å². The fraction of sp³-hybridized carbons (Fsp3) is 0.458. The molecule has 0 unspecified atom stereocenters. The van der Waals surface area contributed by atoms with Gasteiger partial charge in [0.05, 0.1) is 25.2 Å². The Labute approximate surface area is 195 Å². The zero-order valence-corrected chi connectivity index (χ0v) is 19.8. The lowest BCUT2D eigenvalue weighted by molar-refractivity contribution is -0.131. The number of hydrogen-bond acceptors (Lipinski definition) is 6. The van der Waals surface area contributed by atoms with Gasteiger partial charge in [-0.25, -0.2) is 8.42 Å². The Bertz CT molecular complexity index is 1030. The molecular formula is C24H31N3O5S. The Morgan fingerprint density at radius 1 is 0.909 bits per heavy atom. The molecular weight excluding hydrogens is 442 g/mol. The summed E-state index contributed by atoms with van der Waals surface area (Å²) in [4.78, 5) is 17.2. The Balaban J connectivity index is 1.26. The maximum atomic E-state index is 12.7. The molecule has 33 heavy (non-hydrogen) atoms. The fourth-order valence-electron chi connectivity index (χ4n) is 4.18. The second-order valence-electron chi connectivity index (χ2n) is 8.23. The lowest BCUT2D eigenvalue weighted by atomic mass is 10.1. The van der Waals surface area contributed by atoms with E-state index in [9.17, 15) is 13.2 Å². The Morgan fingerprint density at radius 2 is 1.55 bits per heavy atom. The van der Waals surface area contributed by atoms with E-state index in [0.29, 0.717) is 52.2 Å². The summed E-state index contributed by atoms with van der Waals surface area (Å²) in [6.07, 6.45) is 1.01. The molecule has 0 spiro atoms. The first kappa shape index (κ1) is 23.5. The molecule has 4 rings (SSSR count). The maximum Gasteiger partial charge on any atom is 0.243 e. The van der Waals surface area contributed by atoms with Crippen LogP contribution in [0, 0.1) is 0 Å². The molecule has 1 amide bonds. The number of methoxy groups -OCH3 is 1. The van der Waals surface area contributed by atoms with Crippen molar-refractivity contribution in [2.24, 2.45) is 0 Å². The number of aryl methyl sites for hydroxylation is 1. The van der Waals surface area contributed by atoms with Crippen LogP contribution in [-0.2, 0) is 26.0 Å². The number of ether oxygens (including phenoxy) is 2. The van der Waals surface area contributed by atoms with Gasteiger partial charge in [0, 0.05) is 51.4 Å². The highest BCUT2D eigenvalue weighted by atomic mass is 32.2. The Morgan fingerprint density at radius 3 is 2.15 bits per heavy atom. The number of anilines is 1. The van der Waals surface area contributed by atoms with Gasteiger partial charge < -0.3 is 19.3 Å². The number of morpholine rings is 1. The van der Waals surface area contributed by atoms with Crippen molar-refractivity contribution in [1.29, 1.82) is 0 Å². The molecule has 178 valence electrons. The monoisotopic (exact) mass is 473 g/mol. The first-order valence-electron chi connectivity index (χ1n) is 11.3. The normalized spacial score (nSPS) is 17.7. The van der Waals surface area contributed by atoms with Crippen molar-refractivity contribution in [2.75, 3.05) is 64.5 Å². The second-order valence-corrected chi connectivity index (χ2v) is 10.2. The summed E-state index contributed by atoms with van der Waals surface area (Å²) in [7, 11) is -1.84. The van der Waals surface area contributed by atoms with Crippen molar-refractivity contribution in [3.63, 3.8) is 0 Å². The van der Waals surface area contributed by atoms with E-state index in [1.807, 2.05) is 41.3 Å². The van der Waals surface area contributed by atoms with Gasteiger partial charge in [-0.1, -0.05) is 12.1 Å². The minimum absolute atomic E-state index is 0.134. The zero-order valence-electron chi connectivity index (χ0n) is 19.0. The van der Waals surface area contributed by atoms with Crippen LogP contribution < -0.4 is 9.64 Å². The minimum atomic E-state index is -3.49. The number of carbonyl (C=O) groups is 1. The van der Waals surface area contributed by atoms with Crippen LogP contribution >= 0.6 is 0 Å². The first-order chi connectivity index (χ1) is 16.0. The van der Waals surface area contributed by atoms with Gasteiger partial charge in [-0.15, -0.1) is 0 Å². The molecule has 0 N–H and O–H groups in total. The fourth-order valence-corrected chi connectivity index (χ4v) is 5.59. The van der Waals surface area contributed by atoms with Crippen LogP contribution in [0.1, 0.15) is 12.0 Å². The number of carbonyl (C=O) groups excluding carboxylic acids is 1. The number of amides is 1. The third-order valence-corrected chi connectivity index (χ3v) is 8.14. The standard InChI is InChI=1S/C24H31N3O5S/c1-31-22-7-5-21(6-8-22)25-12-14-26(15-13-25)24(28)11-4-20-2-9-23(10-3-20)33(29,30)27-16-18-32-19-17-27/h2-3,5-10H,4,11-19H2,1H3. The van der Waals surface area contributed by atoms with Gasteiger partial charge >= 0.3 is 0 Å². The third-order valence-electron chi connectivity index (χ3n) is 6.23. The Kier molecular flexibility index (Phi) is 7.52. The van der Waals surface area contributed by atoms with Crippen molar-refractivity contribution < 1.29 is 22.7 Å². The minimum Gasteiger partial charge on any atom is -0.497 e. The molecule has 2 aliphatic rings. The molecule has 9 heteroatoms. The van der Waals surface area contributed by atoms with Crippen LogP contribution in [0.25, 0.3) is 0 Å². The first-order valence-corrected chi connectivity index (χ1v) is 12.7. The molecule has 2 aromatic carbocycles. The molecule has 2 aliphatic heterocycles. The van der Waals surface area contributed by atoms with Crippen LogP contribution in [0.3, 0.4) is 0 Å². The molecule has 2 heterocycles. The average Bonchev–Trinajstić information content (AvgIpc) is 2.88. The molecule has 2 saturated heterocycles. The SMILES string of the molecule is COc1ccc(N2CCN(C(=O)CCc3ccc(S(=O)(=O)N4CCOCC4)cc3)CC2)cc1. The maximum absolute atomic E-state index is 12.7. The number of rotatable bonds is 7. The lowest BCUT2D eigenvalue weighted by Gasteiger charge is -2.36. The largest absolute Gasteiger partial charge is 0.497 e. The van der Waals surface area contributed by atoms with Gasteiger partial charge in [-0.3, -0.25) is 4.79 Å². The van der Waals surface area contributed by atoms with Gasteiger partial charge in [0.1, 0.15) is 5.75 Å². The highest BCUT2D eigenvalue weighted by Gasteiger charge is 2.26. The zero-order chi connectivity index (χ0) is 23.3. The van der Waals surface area contributed by atoms with Gasteiger partial charge in [-0.2, -0.15) is 4.31 Å². The summed E-state index contributed by atoms with van der Waals surface area (Å²) >= 11 is 0. The predicted molar refractivity (Wildman–Crippen MR) is 126 cm³/mol. The van der Waals surface area contributed by atoms with E-state index in [4.69, 9.17) is 9.47 Å². The quantitative estimate of drug-likeness (QED) is 0.612. The Hall–Kier alpha value is -2.62. The van der Waals surface area contributed by atoms with Crippen molar-refractivity contribution in [3.05, 3.63) is 54.1 Å². The van der Waals surface area contributed by atoms with Crippen LogP contribution in [0.4, 0.5) is 5.69 Å². The molecule has 8 nitrogen and oxygen atoms in total. The highest BCUT2D eigenvalue weighted by molar-refractivity contribution is 7.89. The number of benzene rings is 2. The molecule has 0 atom stereocenters. The number of piperazine rings is 1. The van der Waals surface area contributed by atoms with E-state index in [-0.39, 0.29) is 10.8 Å². The van der Waals surface area contributed by atoms with Gasteiger partial charge in [0.2, 0.25) is 15.9 Å². The van der Waals surface area contributed by atoms with E-state index in [2.05, 4.69) is 4.90 Å². The van der Waals surface area contributed by atoms with E-state index in [1.54, 1.807) is 19.2 Å². The summed E-state index contributed by atoms with van der Waals surface area (Å²) in [6.45, 7) is 4.59. The van der Waals surface area contributed by atoms with Crippen molar-refractivity contribution in [1.82, 2.24) is 9.21 Å². The van der Waals surface area contributed by atoms with Crippen molar-refractivity contribution in [3.8, 4) is 5.75 Å². The van der Waals surface area contributed by atoms with Crippen molar-refractivity contribution in [2.45, 2.75) is 17.7 Å². The summed E-state index contributed by atoms with van der Waals surface area (Å²) in [5.74, 6) is 0.966. The van der Waals surface area contributed by atoms with Gasteiger partial charge in [0.15, 0.2) is 0 Å². The summed E-state index contributed by atoms with van der Waals surface area (Å²) in [5.41, 5.74) is 2.09. The van der Waals surface area contributed by atoms with Crippen LogP contribution in [-0.4, -0.2) is 83.1 Å². The van der Waals surface area contributed by atoms with Crippen LogP contribution in [0.2, 0.25) is 0 Å². The van der Waals surface area contributed by atoms with Gasteiger partial charge in [-0.05, 0) is 48.4 Å². The van der Waals surface area contributed by atoms with E-state index >= 15 is 0 Å². The highest BCUT2D eigenvalue weighted by Crippen LogP contribution is 2.21. The molecule has 0 bridgehead atoms. The second kappa shape index (κ2) is 10.5. The number of sulfonamides is 1. The smallest absolute Gasteiger partial charge is 0.243 e. The summed E-state index contributed by atoms with van der Waals surface area (Å²) in [5, 5.41) is 0. The van der Waals surface area contributed by atoms with E-state index in [0.717, 1.165) is 30.1 Å². The molecule has 0 aromatic heterocycles. The number of hydrogen-bond donors (Lipinski definition) is 0. The predicted octanol–water partition coefficient (Wildman–Crippen LogP) is 2.00. The lowest BCUT2D eigenvalue weighted by Crippen LogP contribution is -2.48. The van der Waals surface area contributed by atoms with Gasteiger partial charge in [0.25, 0.3) is 0 Å². The summed E-state index contributed by atoms with van der Waals surface area (Å²) < 4.78 is 37.4.